The summed E-state index contributed by atoms with van der Waals surface area (Å²) in [6, 6.07) is 0. The number of carbonyl (C=O) groups is 2. The van der Waals surface area contributed by atoms with Crippen LogP contribution in [0.15, 0.2) is 0 Å². The monoisotopic (exact) mass is 318 g/mol. The van der Waals surface area contributed by atoms with E-state index >= 15 is 0 Å². The predicted octanol–water partition coefficient (Wildman–Crippen LogP) is 3.14. The second-order valence-electron chi connectivity index (χ2n) is 5.93. The average molecular weight is 318 g/mol. The van der Waals surface area contributed by atoms with E-state index in [0.29, 0.717) is 19.6 Å². The number of unbranched alkanes of at least 4 members (excludes halogenated alkanes) is 1. The molecule has 0 spiro atoms. The van der Waals surface area contributed by atoms with Gasteiger partial charge in [0.25, 0.3) is 0 Å². The highest BCUT2D eigenvalue weighted by atomic mass is 28.4. The number of esters is 2. The molecule has 21 heavy (non-hydrogen) atoms. The molecule has 5 nitrogen and oxygen atoms in total. The van der Waals surface area contributed by atoms with Gasteiger partial charge in [0.05, 0.1) is 13.2 Å². The van der Waals surface area contributed by atoms with Crippen LogP contribution in [-0.4, -0.2) is 40.1 Å². The molecule has 0 amide bonds. The van der Waals surface area contributed by atoms with Crippen LogP contribution in [0, 0.1) is 5.92 Å². The summed E-state index contributed by atoms with van der Waals surface area (Å²) in [7, 11) is -1.49. The minimum atomic E-state index is -1.49. The molecule has 0 aromatic rings. The summed E-state index contributed by atoms with van der Waals surface area (Å²) in [6.07, 6.45) is 2.78. The summed E-state index contributed by atoms with van der Waals surface area (Å²) in [5, 5.41) is 0. The molecule has 0 aliphatic carbocycles. The smallest absolute Gasteiger partial charge is 0.320 e. The van der Waals surface area contributed by atoms with E-state index in [9.17, 15) is 9.59 Å². The van der Waals surface area contributed by atoms with Gasteiger partial charge in [-0.1, -0.05) is 6.92 Å². The van der Waals surface area contributed by atoms with Gasteiger partial charge in [0.2, 0.25) is 0 Å². The SMILES string of the molecule is CCCOC(=O)C(CCCCO[Si](C)(C)C)C(=O)OCC. The topological polar surface area (TPSA) is 61.8 Å². The Morgan fingerprint density at radius 3 is 2.10 bits per heavy atom. The number of hydrogen-bond acceptors (Lipinski definition) is 5. The molecule has 6 heteroatoms. The maximum Gasteiger partial charge on any atom is 0.320 e. The fourth-order valence-electron chi connectivity index (χ4n) is 1.71. The van der Waals surface area contributed by atoms with Crippen molar-refractivity contribution in [1.82, 2.24) is 0 Å². The first-order valence-electron chi connectivity index (χ1n) is 7.79. The highest BCUT2D eigenvalue weighted by molar-refractivity contribution is 6.69. The van der Waals surface area contributed by atoms with Gasteiger partial charge in [-0.05, 0) is 52.2 Å². The summed E-state index contributed by atoms with van der Waals surface area (Å²) in [5.41, 5.74) is 0. The maximum atomic E-state index is 11.9. The van der Waals surface area contributed by atoms with Gasteiger partial charge in [0.15, 0.2) is 14.2 Å². The third kappa shape index (κ3) is 10.5. The molecule has 0 radical (unpaired) electrons. The molecule has 0 bridgehead atoms. The Bertz CT molecular complexity index is 312. The maximum absolute atomic E-state index is 11.9. The van der Waals surface area contributed by atoms with Crippen molar-refractivity contribution in [3.8, 4) is 0 Å². The van der Waals surface area contributed by atoms with E-state index < -0.39 is 26.2 Å². The summed E-state index contributed by atoms with van der Waals surface area (Å²) in [5.74, 6) is -1.76. The van der Waals surface area contributed by atoms with Crippen LogP contribution in [0.1, 0.15) is 39.5 Å². The van der Waals surface area contributed by atoms with Gasteiger partial charge in [-0.25, -0.2) is 0 Å². The zero-order valence-electron chi connectivity index (χ0n) is 14.1. The van der Waals surface area contributed by atoms with E-state index in [0.717, 1.165) is 19.3 Å². The van der Waals surface area contributed by atoms with Gasteiger partial charge >= 0.3 is 11.9 Å². The van der Waals surface area contributed by atoms with Crippen molar-refractivity contribution < 1.29 is 23.5 Å². The Morgan fingerprint density at radius 1 is 0.952 bits per heavy atom. The lowest BCUT2D eigenvalue weighted by molar-refractivity contribution is -0.162. The summed E-state index contributed by atoms with van der Waals surface area (Å²) >= 11 is 0. The standard InChI is InChI=1S/C15H30O5Si/c1-6-11-19-15(17)13(14(16)18-7-2)10-8-9-12-20-21(3,4)5/h13H,6-12H2,1-5H3. The third-order valence-corrected chi connectivity index (χ3v) is 3.80. The number of hydrogen-bond donors (Lipinski definition) is 0. The van der Waals surface area contributed by atoms with Gasteiger partial charge in [0.1, 0.15) is 0 Å². The van der Waals surface area contributed by atoms with E-state index in [-0.39, 0.29) is 6.61 Å². The van der Waals surface area contributed by atoms with Gasteiger partial charge in [-0.2, -0.15) is 0 Å². The third-order valence-electron chi connectivity index (χ3n) is 2.73. The van der Waals surface area contributed by atoms with Crippen LogP contribution >= 0.6 is 0 Å². The highest BCUT2D eigenvalue weighted by Gasteiger charge is 2.29. The lowest BCUT2D eigenvalue weighted by Gasteiger charge is -2.18. The molecule has 0 aliphatic rings. The van der Waals surface area contributed by atoms with Gasteiger partial charge in [0, 0.05) is 6.61 Å². The molecule has 0 rings (SSSR count). The van der Waals surface area contributed by atoms with Gasteiger partial charge in [-0.15, -0.1) is 0 Å². The zero-order chi connectivity index (χ0) is 16.3. The Kier molecular flexibility index (Phi) is 10.3. The fourth-order valence-corrected chi connectivity index (χ4v) is 2.46. The van der Waals surface area contributed by atoms with E-state index in [1.165, 1.54) is 0 Å². The number of ether oxygens (including phenoxy) is 2. The van der Waals surface area contributed by atoms with Gasteiger partial charge < -0.3 is 13.9 Å². The average Bonchev–Trinajstić information content (AvgIpc) is 2.39. The van der Waals surface area contributed by atoms with Gasteiger partial charge in [-0.3, -0.25) is 9.59 Å². The molecule has 0 saturated carbocycles. The Morgan fingerprint density at radius 2 is 1.57 bits per heavy atom. The van der Waals surface area contributed by atoms with Crippen molar-refractivity contribution in [3.05, 3.63) is 0 Å². The van der Waals surface area contributed by atoms with Crippen LogP contribution in [-0.2, 0) is 23.5 Å². The Hall–Kier alpha value is -0.883. The Balaban J connectivity index is 4.22. The van der Waals surface area contributed by atoms with Crippen molar-refractivity contribution >= 4 is 20.3 Å². The largest absolute Gasteiger partial charge is 0.465 e. The fraction of sp³-hybridized carbons (Fsp3) is 0.867. The molecular weight excluding hydrogens is 288 g/mol. The molecule has 0 saturated heterocycles. The lowest BCUT2D eigenvalue weighted by atomic mass is 10.0. The predicted molar refractivity (Wildman–Crippen MR) is 84.5 cm³/mol. The Labute approximate surface area is 129 Å². The normalized spacial score (nSPS) is 12.8. The molecule has 0 fully saturated rings. The first kappa shape index (κ1) is 20.1. The highest BCUT2D eigenvalue weighted by Crippen LogP contribution is 2.14. The van der Waals surface area contributed by atoms with Crippen LogP contribution in [0.3, 0.4) is 0 Å². The minimum absolute atomic E-state index is 0.273. The minimum Gasteiger partial charge on any atom is -0.465 e. The first-order chi connectivity index (χ1) is 9.81. The number of rotatable bonds is 11. The van der Waals surface area contributed by atoms with E-state index in [2.05, 4.69) is 19.6 Å². The van der Waals surface area contributed by atoms with E-state index in [1.807, 2.05) is 6.92 Å². The van der Waals surface area contributed by atoms with Crippen LogP contribution in [0.2, 0.25) is 19.6 Å². The van der Waals surface area contributed by atoms with Crippen LogP contribution in [0.5, 0.6) is 0 Å². The molecule has 0 aliphatic heterocycles. The molecule has 0 heterocycles. The van der Waals surface area contributed by atoms with Crippen molar-refractivity contribution in [3.63, 3.8) is 0 Å². The lowest BCUT2D eigenvalue weighted by Crippen LogP contribution is -2.29. The second-order valence-corrected chi connectivity index (χ2v) is 10.4. The number of carbonyl (C=O) groups excluding carboxylic acids is 2. The van der Waals surface area contributed by atoms with Crippen LogP contribution in [0.4, 0.5) is 0 Å². The van der Waals surface area contributed by atoms with Crippen molar-refractivity contribution in [2.24, 2.45) is 5.92 Å². The summed E-state index contributed by atoms with van der Waals surface area (Å²) in [4.78, 5) is 23.7. The molecule has 124 valence electrons. The van der Waals surface area contributed by atoms with Crippen molar-refractivity contribution in [2.45, 2.75) is 59.2 Å². The molecular formula is C15H30O5Si. The quantitative estimate of drug-likeness (QED) is 0.253. The summed E-state index contributed by atoms with van der Waals surface area (Å²) < 4.78 is 15.8. The molecule has 1 atom stereocenters. The molecule has 0 N–H and O–H groups in total. The van der Waals surface area contributed by atoms with Crippen LogP contribution < -0.4 is 0 Å². The zero-order valence-corrected chi connectivity index (χ0v) is 15.1. The first-order valence-corrected chi connectivity index (χ1v) is 11.2. The molecule has 0 aromatic heterocycles. The van der Waals surface area contributed by atoms with Crippen molar-refractivity contribution in [1.29, 1.82) is 0 Å². The molecule has 1 unspecified atom stereocenters. The molecule has 0 aromatic carbocycles. The van der Waals surface area contributed by atoms with E-state index in [1.54, 1.807) is 6.92 Å². The van der Waals surface area contributed by atoms with Crippen LogP contribution in [0.25, 0.3) is 0 Å². The van der Waals surface area contributed by atoms with E-state index in [4.69, 9.17) is 13.9 Å². The second kappa shape index (κ2) is 10.8. The van der Waals surface area contributed by atoms with Crippen molar-refractivity contribution in [2.75, 3.05) is 19.8 Å². The summed E-state index contributed by atoms with van der Waals surface area (Å²) in [6.45, 7) is 11.3.